The lowest BCUT2D eigenvalue weighted by Gasteiger charge is -1.97. The molecule has 0 unspecified atom stereocenters. The van der Waals surface area contributed by atoms with Crippen molar-refractivity contribution in [1.29, 1.82) is 0 Å². The molecule has 3 aromatic heterocycles. The van der Waals surface area contributed by atoms with Crippen LogP contribution in [0.5, 0.6) is 0 Å². The molecule has 0 amide bonds. The third-order valence-corrected chi connectivity index (χ3v) is 3.72. The van der Waals surface area contributed by atoms with E-state index in [4.69, 9.17) is 9.26 Å². The fraction of sp³-hybridized carbons (Fsp3) is 0.111. The van der Waals surface area contributed by atoms with Crippen molar-refractivity contribution in [2.45, 2.75) is 13.5 Å². The summed E-state index contributed by atoms with van der Waals surface area (Å²) in [7, 11) is 0. The van der Waals surface area contributed by atoms with Crippen molar-refractivity contribution in [3.63, 3.8) is 0 Å². The van der Waals surface area contributed by atoms with E-state index >= 15 is 0 Å². The van der Waals surface area contributed by atoms with Gasteiger partial charge < -0.3 is 13.7 Å². The minimum Gasteiger partial charge on any atom is -0.453 e. The number of aromatic nitrogens is 4. The van der Waals surface area contributed by atoms with Gasteiger partial charge in [-0.15, -0.1) is 0 Å². The first-order valence-electron chi connectivity index (χ1n) is 7.79. The van der Waals surface area contributed by atoms with Gasteiger partial charge in [-0.1, -0.05) is 5.16 Å². The fourth-order valence-corrected chi connectivity index (χ4v) is 2.41. The van der Waals surface area contributed by atoms with Gasteiger partial charge in [0.1, 0.15) is 11.5 Å². The van der Waals surface area contributed by atoms with Gasteiger partial charge >= 0.3 is 5.97 Å². The third kappa shape index (κ3) is 3.16. The van der Waals surface area contributed by atoms with E-state index in [1.165, 1.54) is 24.3 Å². The van der Waals surface area contributed by atoms with E-state index in [0.29, 0.717) is 11.2 Å². The van der Waals surface area contributed by atoms with E-state index in [2.05, 4.69) is 15.1 Å². The van der Waals surface area contributed by atoms with Crippen LogP contribution in [-0.4, -0.2) is 25.5 Å². The number of carbonyl (C=O) groups is 1. The maximum Gasteiger partial charge on any atom is 0.359 e. The summed E-state index contributed by atoms with van der Waals surface area (Å²) in [5.74, 6) is -0.513. The van der Waals surface area contributed by atoms with Gasteiger partial charge in [0, 0.05) is 18.0 Å². The van der Waals surface area contributed by atoms with Crippen molar-refractivity contribution in [2.24, 2.45) is 0 Å². The molecule has 0 fully saturated rings. The summed E-state index contributed by atoms with van der Waals surface area (Å²) in [4.78, 5) is 20.5. The fourth-order valence-electron chi connectivity index (χ4n) is 2.41. The van der Waals surface area contributed by atoms with Crippen LogP contribution in [-0.2, 0) is 11.3 Å². The van der Waals surface area contributed by atoms with Crippen molar-refractivity contribution in [3.05, 3.63) is 71.7 Å². The Bertz CT molecular complexity index is 1090. The number of rotatable bonds is 4. The Morgan fingerprint density at radius 3 is 2.85 bits per heavy atom. The summed E-state index contributed by atoms with van der Waals surface area (Å²) < 4.78 is 25.0. The predicted molar refractivity (Wildman–Crippen MR) is 88.7 cm³/mol. The zero-order valence-corrected chi connectivity index (χ0v) is 13.7. The Hall–Kier alpha value is -3.55. The van der Waals surface area contributed by atoms with E-state index in [9.17, 15) is 9.18 Å². The van der Waals surface area contributed by atoms with Crippen LogP contribution in [0.1, 0.15) is 21.9 Å². The van der Waals surface area contributed by atoms with Crippen molar-refractivity contribution in [1.82, 2.24) is 19.5 Å². The zero-order chi connectivity index (χ0) is 18.1. The third-order valence-electron chi connectivity index (χ3n) is 3.72. The molecule has 0 bridgehead atoms. The molecule has 0 saturated carbocycles. The first-order valence-corrected chi connectivity index (χ1v) is 7.79. The molecular formula is C18H13FN4O3. The average Bonchev–Trinajstić information content (AvgIpc) is 3.27. The van der Waals surface area contributed by atoms with E-state index < -0.39 is 5.97 Å². The molecule has 3 heterocycles. The Kier molecular flexibility index (Phi) is 3.92. The number of ether oxygens (including phenoxy) is 1. The molecule has 1 aromatic carbocycles. The highest BCUT2D eigenvalue weighted by Crippen LogP contribution is 2.17. The van der Waals surface area contributed by atoms with Crippen molar-refractivity contribution < 1.29 is 18.4 Å². The summed E-state index contributed by atoms with van der Waals surface area (Å²) in [6.07, 6.45) is 3.42. The lowest BCUT2D eigenvalue weighted by Crippen LogP contribution is -2.06. The minimum absolute atomic E-state index is 0.156. The van der Waals surface area contributed by atoms with Gasteiger partial charge in [0.2, 0.25) is 5.82 Å². The van der Waals surface area contributed by atoms with Crippen LogP contribution in [0.25, 0.3) is 17.1 Å². The van der Waals surface area contributed by atoms with Crippen LogP contribution >= 0.6 is 0 Å². The van der Waals surface area contributed by atoms with Crippen LogP contribution in [0.15, 0.2) is 53.3 Å². The van der Waals surface area contributed by atoms with Crippen LogP contribution in [0.3, 0.4) is 0 Å². The molecule has 26 heavy (non-hydrogen) atoms. The summed E-state index contributed by atoms with van der Waals surface area (Å²) in [6.45, 7) is 1.79. The highest BCUT2D eigenvalue weighted by atomic mass is 19.1. The normalized spacial score (nSPS) is 11.0. The van der Waals surface area contributed by atoms with Crippen LogP contribution in [0.4, 0.5) is 4.39 Å². The first kappa shape index (κ1) is 15.9. The quantitative estimate of drug-likeness (QED) is 0.525. The molecule has 0 N–H and O–H groups in total. The molecular weight excluding hydrogens is 339 g/mol. The standard InChI is InChI=1S/C18H13FN4O3/c1-11-6-7-23-9-14(20-16(23)8-11)18(24)25-10-15-21-17(26-22-15)12-2-4-13(19)5-3-12/h2-9H,10H2,1H3. The zero-order valence-electron chi connectivity index (χ0n) is 13.7. The van der Waals surface area contributed by atoms with Gasteiger partial charge in [0.25, 0.3) is 5.89 Å². The van der Waals surface area contributed by atoms with Gasteiger partial charge in [-0.2, -0.15) is 4.98 Å². The SMILES string of the molecule is Cc1ccn2cc(C(=O)OCc3noc(-c4ccc(F)cc4)n3)nc2c1. The summed E-state index contributed by atoms with van der Waals surface area (Å²) in [6, 6.07) is 9.42. The number of aryl methyl sites for hydroxylation is 1. The van der Waals surface area contributed by atoms with Gasteiger partial charge in [-0.05, 0) is 48.9 Å². The van der Waals surface area contributed by atoms with E-state index in [-0.39, 0.29) is 29.8 Å². The van der Waals surface area contributed by atoms with Crippen molar-refractivity contribution in [2.75, 3.05) is 0 Å². The van der Waals surface area contributed by atoms with Gasteiger partial charge in [0.15, 0.2) is 12.3 Å². The second-order valence-electron chi connectivity index (χ2n) is 5.69. The second-order valence-corrected chi connectivity index (χ2v) is 5.69. The topological polar surface area (TPSA) is 82.5 Å². The number of pyridine rings is 1. The Balaban J connectivity index is 1.44. The number of halogens is 1. The van der Waals surface area contributed by atoms with Crippen molar-refractivity contribution >= 4 is 11.6 Å². The Morgan fingerprint density at radius 1 is 1.23 bits per heavy atom. The number of hydrogen-bond acceptors (Lipinski definition) is 6. The number of imidazole rings is 1. The molecule has 7 nitrogen and oxygen atoms in total. The monoisotopic (exact) mass is 352 g/mol. The average molecular weight is 352 g/mol. The van der Waals surface area contributed by atoms with Crippen LogP contribution < -0.4 is 0 Å². The molecule has 130 valence electrons. The van der Waals surface area contributed by atoms with Gasteiger partial charge in [-0.25, -0.2) is 14.2 Å². The molecule has 0 spiro atoms. The molecule has 0 aliphatic heterocycles. The molecule has 0 aliphatic rings. The number of fused-ring (bicyclic) bond motifs is 1. The maximum atomic E-state index is 12.9. The van der Waals surface area contributed by atoms with E-state index in [1.807, 2.05) is 25.3 Å². The van der Waals surface area contributed by atoms with Crippen LogP contribution in [0.2, 0.25) is 0 Å². The lowest BCUT2D eigenvalue weighted by molar-refractivity contribution is 0.0453. The maximum absolute atomic E-state index is 12.9. The van der Waals surface area contributed by atoms with E-state index in [1.54, 1.807) is 10.6 Å². The second kappa shape index (κ2) is 6.40. The minimum atomic E-state index is -0.584. The summed E-state index contributed by atoms with van der Waals surface area (Å²) >= 11 is 0. The number of hydrogen-bond donors (Lipinski definition) is 0. The molecule has 0 saturated heterocycles. The summed E-state index contributed by atoms with van der Waals surface area (Å²) in [5.41, 5.74) is 2.48. The molecule has 0 aliphatic carbocycles. The molecule has 4 aromatic rings. The Labute approximate surface area is 147 Å². The van der Waals surface area contributed by atoms with E-state index in [0.717, 1.165) is 5.56 Å². The first-order chi connectivity index (χ1) is 12.6. The number of carbonyl (C=O) groups excluding carboxylic acids is 1. The number of esters is 1. The highest BCUT2D eigenvalue weighted by Gasteiger charge is 2.15. The largest absolute Gasteiger partial charge is 0.453 e. The molecule has 4 rings (SSSR count). The van der Waals surface area contributed by atoms with Gasteiger partial charge in [0.05, 0.1) is 0 Å². The van der Waals surface area contributed by atoms with Gasteiger partial charge in [-0.3, -0.25) is 0 Å². The highest BCUT2D eigenvalue weighted by molar-refractivity contribution is 5.87. The van der Waals surface area contributed by atoms with Crippen molar-refractivity contribution in [3.8, 4) is 11.5 Å². The lowest BCUT2D eigenvalue weighted by atomic mass is 10.2. The summed E-state index contributed by atoms with van der Waals surface area (Å²) in [5, 5.41) is 3.75. The number of benzene rings is 1. The molecule has 0 radical (unpaired) electrons. The predicted octanol–water partition coefficient (Wildman–Crippen LogP) is 3.19. The smallest absolute Gasteiger partial charge is 0.359 e. The Morgan fingerprint density at radius 2 is 2.04 bits per heavy atom. The molecule has 8 heteroatoms. The van der Waals surface area contributed by atoms with Crippen LogP contribution in [0, 0.1) is 12.7 Å². The number of nitrogens with zero attached hydrogens (tertiary/aromatic N) is 4. The molecule has 0 atom stereocenters.